The van der Waals surface area contributed by atoms with E-state index in [1.54, 1.807) is 25.3 Å². The minimum Gasteiger partial charge on any atom is -0.480 e. The SMILES string of the molecule is C=CCNC(C(=O)O)c1ccc(COC)cc1. The zero-order valence-electron chi connectivity index (χ0n) is 9.85. The molecule has 1 rings (SSSR count). The molecule has 4 heteroatoms. The molecule has 0 aliphatic rings. The van der Waals surface area contributed by atoms with Crippen molar-refractivity contribution in [1.29, 1.82) is 0 Å². The molecular formula is C13H17NO3. The van der Waals surface area contributed by atoms with Crippen LogP contribution in [-0.4, -0.2) is 24.7 Å². The number of carbonyl (C=O) groups is 1. The van der Waals surface area contributed by atoms with E-state index in [4.69, 9.17) is 9.84 Å². The Kier molecular flexibility index (Phi) is 5.39. The zero-order chi connectivity index (χ0) is 12.7. The van der Waals surface area contributed by atoms with Gasteiger partial charge in [-0.15, -0.1) is 6.58 Å². The molecule has 0 aromatic heterocycles. The number of ether oxygens (including phenoxy) is 1. The minimum absolute atomic E-state index is 0.455. The highest BCUT2D eigenvalue weighted by Gasteiger charge is 2.17. The number of carboxylic acid groups (broad SMARTS) is 1. The lowest BCUT2D eigenvalue weighted by atomic mass is 10.1. The lowest BCUT2D eigenvalue weighted by Gasteiger charge is -2.14. The standard InChI is InChI=1S/C13H17NO3/c1-3-8-14-12(13(15)16)11-6-4-10(5-7-11)9-17-2/h3-7,12,14H,1,8-9H2,2H3,(H,15,16). The maximum atomic E-state index is 11.1. The van der Waals surface area contributed by atoms with Gasteiger partial charge in [-0.2, -0.15) is 0 Å². The van der Waals surface area contributed by atoms with Gasteiger partial charge in [-0.1, -0.05) is 30.3 Å². The molecule has 0 saturated carbocycles. The van der Waals surface area contributed by atoms with Crippen LogP contribution < -0.4 is 5.32 Å². The monoisotopic (exact) mass is 235 g/mol. The summed E-state index contributed by atoms with van der Waals surface area (Å²) in [5.74, 6) is -0.897. The van der Waals surface area contributed by atoms with Crippen molar-refractivity contribution < 1.29 is 14.6 Å². The van der Waals surface area contributed by atoms with Gasteiger partial charge in [0.15, 0.2) is 0 Å². The maximum absolute atomic E-state index is 11.1. The van der Waals surface area contributed by atoms with Gasteiger partial charge in [-0.25, -0.2) is 0 Å². The van der Waals surface area contributed by atoms with Gasteiger partial charge < -0.3 is 9.84 Å². The maximum Gasteiger partial charge on any atom is 0.325 e. The predicted octanol–water partition coefficient (Wildman–Crippen LogP) is 1.73. The first-order chi connectivity index (χ1) is 8.19. The van der Waals surface area contributed by atoms with E-state index in [0.29, 0.717) is 13.2 Å². The second kappa shape index (κ2) is 6.83. The molecule has 0 amide bonds. The van der Waals surface area contributed by atoms with Gasteiger partial charge >= 0.3 is 5.97 Å². The highest BCUT2D eigenvalue weighted by Crippen LogP contribution is 2.14. The molecule has 1 aromatic rings. The summed E-state index contributed by atoms with van der Waals surface area (Å²) in [6.45, 7) is 4.53. The van der Waals surface area contributed by atoms with Crippen LogP contribution in [0.4, 0.5) is 0 Å². The first-order valence-corrected chi connectivity index (χ1v) is 5.34. The highest BCUT2D eigenvalue weighted by atomic mass is 16.5. The van der Waals surface area contributed by atoms with Crippen molar-refractivity contribution >= 4 is 5.97 Å². The average molecular weight is 235 g/mol. The van der Waals surface area contributed by atoms with Crippen molar-refractivity contribution in [3.05, 3.63) is 48.0 Å². The van der Waals surface area contributed by atoms with Crippen LogP contribution in [0.5, 0.6) is 0 Å². The Labute approximate surface area is 101 Å². The summed E-state index contributed by atoms with van der Waals surface area (Å²) in [4.78, 5) is 11.1. The van der Waals surface area contributed by atoms with E-state index >= 15 is 0 Å². The molecule has 0 heterocycles. The van der Waals surface area contributed by atoms with Crippen molar-refractivity contribution in [2.75, 3.05) is 13.7 Å². The van der Waals surface area contributed by atoms with Crippen LogP contribution in [-0.2, 0) is 16.1 Å². The fraction of sp³-hybridized carbons (Fsp3) is 0.308. The fourth-order valence-electron chi connectivity index (χ4n) is 1.52. The molecule has 92 valence electrons. The van der Waals surface area contributed by atoms with Crippen LogP contribution in [0, 0.1) is 0 Å². The van der Waals surface area contributed by atoms with Gasteiger partial charge in [0.05, 0.1) is 6.61 Å². The molecule has 1 atom stereocenters. The lowest BCUT2D eigenvalue weighted by Crippen LogP contribution is -2.28. The Bertz CT molecular complexity index is 373. The number of rotatable bonds is 7. The Morgan fingerprint density at radius 1 is 1.53 bits per heavy atom. The van der Waals surface area contributed by atoms with Crippen molar-refractivity contribution in [3.63, 3.8) is 0 Å². The smallest absolute Gasteiger partial charge is 0.325 e. The molecule has 0 aliphatic carbocycles. The molecule has 0 radical (unpaired) electrons. The third kappa shape index (κ3) is 4.01. The average Bonchev–Trinajstić information content (AvgIpc) is 2.31. The highest BCUT2D eigenvalue weighted by molar-refractivity contribution is 5.75. The van der Waals surface area contributed by atoms with E-state index in [-0.39, 0.29) is 0 Å². The molecule has 17 heavy (non-hydrogen) atoms. The van der Waals surface area contributed by atoms with Crippen LogP contribution in [0.3, 0.4) is 0 Å². The van der Waals surface area contributed by atoms with Gasteiger partial charge in [0, 0.05) is 13.7 Å². The Morgan fingerprint density at radius 2 is 2.18 bits per heavy atom. The van der Waals surface area contributed by atoms with Crippen LogP contribution in [0.2, 0.25) is 0 Å². The number of hydrogen-bond donors (Lipinski definition) is 2. The van der Waals surface area contributed by atoms with Crippen LogP contribution in [0.25, 0.3) is 0 Å². The summed E-state index contributed by atoms with van der Waals surface area (Å²) >= 11 is 0. The van der Waals surface area contributed by atoms with Crippen molar-refractivity contribution in [3.8, 4) is 0 Å². The molecule has 2 N–H and O–H groups in total. The van der Waals surface area contributed by atoms with E-state index in [1.807, 2.05) is 12.1 Å². The van der Waals surface area contributed by atoms with E-state index in [2.05, 4.69) is 11.9 Å². The zero-order valence-corrected chi connectivity index (χ0v) is 9.85. The number of methoxy groups -OCH3 is 1. The minimum atomic E-state index is -0.897. The van der Waals surface area contributed by atoms with Crippen LogP contribution in [0.15, 0.2) is 36.9 Å². The first-order valence-electron chi connectivity index (χ1n) is 5.34. The fourth-order valence-corrected chi connectivity index (χ4v) is 1.52. The van der Waals surface area contributed by atoms with Gasteiger partial charge in [-0.05, 0) is 11.1 Å². The summed E-state index contributed by atoms with van der Waals surface area (Å²) in [5, 5.41) is 12.0. The number of carboxylic acids is 1. The van der Waals surface area contributed by atoms with Gasteiger partial charge in [-0.3, -0.25) is 10.1 Å². The molecule has 0 saturated heterocycles. The molecule has 0 fully saturated rings. The van der Waals surface area contributed by atoms with Gasteiger partial charge in [0.25, 0.3) is 0 Å². The normalized spacial score (nSPS) is 12.1. The third-order valence-electron chi connectivity index (χ3n) is 2.34. The van der Waals surface area contributed by atoms with E-state index < -0.39 is 12.0 Å². The van der Waals surface area contributed by atoms with Crippen LogP contribution in [0.1, 0.15) is 17.2 Å². The Morgan fingerprint density at radius 3 is 2.65 bits per heavy atom. The topological polar surface area (TPSA) is 58.6 Å². The molecule has 1 unspecified atom stereocenters. The summed E-state index contributed by atoms with van der Waals surface area (Å²) in [6.07, 6.45) is 1.63. The van der Waals surface area contributed by atoms with E-state index in [9.17, 15) is 4.79 Å². The lowest BCUT2D eigenvalue weighted by molar-refractivity contribution is -0.139. The largest absolute Gasteiger partial charge is 0.480 e. The summed E-state index contributed by atoms with van der Waals surface area (Å²) in [6, 6.07) is 6.62. The van der Waals surface area contributed by atoms with E-state index in [1.165, 1.54) is 0 Å². The van der Waals surface area contributed by atoms with Gasteiger partial charge in [0.1, 0.15) is 6.04 Å². The number of hydrogen-bond acceptors (Lipinski definition) is 3. The third-order valence-corrected chi connectivity index (χ3v) is 2.34. The van der Waals surface area contributed by atoms with E-state index in [0.717, 1.165) is 11.1 Å². The molecule has 1 aromatic carbocycles. The number of aliphatic carboxylic acids is 1. The summed E-state index contributed by atoms with van der Waals surface area (Å²) < 4.78 is 5.00. The molecule has 4 nitrogen and oxygen atoms in total. The Balaban J connectivity index is 2.79. The van der Waals surface area contributed by atoms with Crippen molar-refractivity contribution in [2.45, 2.75) is 12.6 Å². The second-order valence-corrected chi connectivity index (χ2v) is 3.64. The molecule has 0 bridgehead atoms. The summed E-state index contributed by atoms with van der Waals surface area (Å²) in [5.41, 5.74) is 1.74. The second-order valence-electron chi connectivity index (χ2n) is 3.64. The summed E-state index contributed by atoms with van der Waals surface area (Å²) in [7, 11) is 1.62. The first kappa shape index (κ1) is 13.4. The molecular weight excluding hydrogens is 218 g/mol. The molecule has 0 aliphatic heterocycles. The predicted molar refractivity (Wildman–Crippen MR) is 65.7 cm³/mol. The Hall–Kier alpha value is -1.65. The van der Waals surface area contributed by atoms with Crippen LogP contribution >= 0.6 is 0 Å². The quantitative estimate of drug-likeness (QED) is 0.707. The van der Waals surface area contributed by atoms with Gasteiger partial charge in [0.2, 0.25) is 0 Å². The van der Waals surface area contributed by atoms with Crippen molar-refractivity contribution in [2.24, 2.45) is 0 Å². The number of nitrogens with one attached hydrogen (secondary N) is 1. The number of benzene rings is 1. The molecule has 0 spiro atoms. The van der Waals surface area contributed by atoms with Crippen molar-refractivity contribution in [1.82, 2.24) is 5.32 Å².